The lowest BCUT2D eigenvalue weighted by Gasteiger charge is -2.18. The third kappa shape index (κ3) is 4.37. The molecule has 0 spiro atoms. The molecule has 0 aromatic heterocycles. The van der Waals surface area contributed by atoms with Gasteiger partial charge in [0.15, 0.2) is 0 Å². The SMILES string of the molecule is COc1cccc(C(=O)NC(CN)CC(C)C)c1. The second kappa shape index (κ2) is 7.01. The van der Waals surface area contributed by atoms with Crippen LogP contribution in [0.4, 0.5) is 0 Å². The van der Waals surface area contributed by atoms with Gasteiger partial charge in [0.1, 0.15) is 5.75 Å². The maximum atomic E-state index is 12.0. The summed E-state index contributed by atoms with van der Waals surface area (Å²) in [5.74, 6) is 1.07. The molecular weight excluding hydrogens is 228 g/mol. The molecular formula is C14H22N2O2. The van der Waals surface area contributed by atoms with E-state index in [1.807, 2.05) is 6.07 Å². The molecule has 0 bridgehead atoms. The van der Waals surface area contributed by atoms with Crippen molar-refractivity contribution < 1.29 is 9.53 Å². The zero-order valence-corrected chi connectivity index (χ0v) is 11.3. The molecule has 4 nitrogen and oxygen atoms in total. The summed E-state index contributed by atoms with van der Waals surface area (Å²) in [6, 6.07) is 7.11. The van der Waals surface area contributed by atoms with Gasteiger partial charge in [-0.15, -0.1) is 0 Å². The summed E-state index contributed by atoms with van der Waals surface area (Å²) in [6.45, 7) is 4.68. The van der Waals surface area contributed by atoms with Gasteiger partial charge in [-0.1, -0.05) is 19.9 Å². The van der Waals surface area contributed by atoms with E-state index in [9.17, 15) is 4.79 Å². The van der Waals surface area contributed by atoms with Crippen molar-refractivity contribution in [2.24, 2.45) is 11.7 Å². The highest BCUT2D eigenvalue weighted by atomic mass is 16.5. The van der Waals surface area contributed by atoms with E-state index in [1.165, 1.54) is 0 Å². The van der Waals surface area contributed by atoms with E-state index in [1.54, 1.807) is 25.3 Å². The van der Waals surface area contributed by atoms with Gasteiger partial charge in [0.05, 0.1) is 7.11 Å². The molecule has 0 aliphatic rings. The number of nitrogens with two attached hydrogens (primary N) is 1. The van der Waals surface area contributed by atoms with Gasteiger partial charge >= 0.3 is 0 Å². The number of methoxy groups -OCH3 is 1. The highest BCUT2D eigenvalue weighted by Gasteiger charge is 2.14. The molecule has 18 heavy (non-hydrogen) atoms. The lowest BCUT2D eigenvalue weighted by Crippen LogP contribution is -2.41. The number of carbonyl (C=O) groups excluding carboxylic acids is 1. The first kappa shape index (κ1) is 14.5. The molecule has 0 heterocycles. The van der Waals surface area contributed by atoms with Crippen LogP contribution in [0.5, 0.6) is 5.75 Å². The van der Waals surface area contributed by atoms with Crippen molar-refractivity contribution in [3.8, 4) is 5.75 Å². The molecule has 0 aliphatic heterocycles. The number of carbonyl (C=O) groups is 1. The van der Waals surface area contributed by atoms with Crippen molar-refractivity contribution in [2.45, 2.75) is 26.3 Å². The summed E-state index contributed by atoms with van der Waals surface area (Å²) in [7, 11) is 1.58. The number of rotatable bonds is 6. The highest BCUT2D eigenvalue weighted by molar-refractivity contribution is 5.94. The molecule has 0 saturated carbocycles. The molecule has 4 heteroatoms. The monoisotopic (exact) mass is 250 g/mol. The minimum Gasteiger partial charge on any atom is -0.497 e. The van der Waals surface area contributed by atoms with Gasteiger partial charge in [-0.2, -0.15) is 0 Å². The predicted molar refractivity (Wildman–Crippen MR) is 72.8 cm³/mol. The largest absolute Gasteiger partial charge is 0.497 e. The van der Waals surface area contributed by atoms with Gasteiger partial charge in [-0.25, -0.2) is 0 Å². The zero-order chi connectivity index (χ0) is 13.5. The van der Waals surface area contributed by atoms with Crippen molar-refractivity contribution in [1.82, 2.24) is 5.32 Å². The Hall–Kier alpha value is -1.55. The average molecular weight is 250 g/mol. The third-order valence-electron chi connectivity index (χ3n) is 2.71. The topological polar surface area (TPSA) is 64.3 Å². The van der Waals surface area contributed by atoms with E-state index in [4.69, 9.17) is 10.5 Å². The van der Waals surface area contributed by atoms with Gasteiger partial charge in [0, 0.05) is 18.2 Å². The molecule has 1 amide bonds. The third-order valence-corrected chi connectivity index (χ3v) is 2.71. The number of hydrogen-bond acceptors (Lipinski definition) is 3. The number of amides is 1. The molecule has 1 rings (SSSR count). The molecule has 1 aromatic rings. The standard InChI is InChI=1S/C14H22N2O2/c1-10(2)7-12(9-15)16-14(17)11-5-4-6-13(8-11)18-3/h4-6,8,10,12H,7,9,15H2,1-3H3,(H,16,17). The van der Waals surface area contributed by atoms with Crippen LogP contribution in [0.15, 0.2) is 24.3 Å². The van der Waals surface area contributed by atoms with Crippen LogP contribution in [-0.4, -0.2) is 25.6 Å². The second-order valence-corrected chi connectivity index (χ2v) is 4.77. The van der Waals surface area contributed by atoms with Crippen LogP contribution in [0.25, 0.3) is 0 Å². The van der Waals surface area contributed by atoms with E-state index in [-0.39, 0.29) is 11.9 Å². The highest BCUT2D eigenvalue weighted by Crippen LogP contribution is 2.13. The molecule has 0 saturated heterocycles. The smallest absolute Gasteiger partial charge is 0.251 e. The van der Waals surface area contributed by atoms with Crippen molar-refractivity contribution >= 4 is 5.91 Å². The summed E-state index contributed by atoms with van der Waals surface area (Å²) in [5, 5.41) is 2.95. The van der Waals surface area contributed by atoms with Crippen LogP contribution >= 0.6 is 0 Å². The van der Waals surface area contributed by atoms with Crippen LogP contribution in [0.3, 0.4) is 0 Å². The summed E-state index contributed by atoms with van der Waals surface area (Å²) in [6.07, 6.45) is 0.881. The number of benzene rings is 1. The Labute approximate surface area is 109 Å². The lowest BCUT2D eigenvalue weighted by molar-refractivity contribution is 0.0933. The Balaban J connectivity index is 2.68. The van der Waals surface area contributed by atoms with E-state index in [2.05, 4.69) is 19.2 Å². The molecule has 0 aliphatic carbocycles. The molecule has 1 unspecified atom stereocenters. The second-order valence-electron chi connectivity index (χ2n) is 4.77. The molecule has 1 aromatic carbocycles. The van der Waals surface area contributed by atoms with Crippen LogP contribution < -0.4 is 15.8 Å². The summed E-state index contributed by atoms with van der Waals surface area (Å²) in [5.41, 5.74) is 6.26. The number of nitrogens with one attached hydrogen (secondary N) is 1. The van der Waals surface area contributed by atoms with Crippen LogP contribution in [0.1, 0.15) is 30.6 Å². The summed E-state index contributed by atoms with van der Waals surface area (Å²) >= 11 is 0. The molecule has 100 valence electrons. The number of hydrogen-bond donors (Lipinski definition) is 2. The average Bonchev–Trinajstić information content (AvgIpc) is 2.37. The first-order valence-electron chi connectivity index (χ1n) is 6.21. The Morgan fingerprint density at radius 3 is 2.72 bits per heavy atom. The minimum absolute atomic E-state index is 0.0173. The normalized spacial score (nSPS) is 12.3. The maximum Gasteiger partial charge on any atom is 0.251 e. The van der Waals surface area contributed by atoms with Crippen molar-refractivity contribution in [3.63, 3.8) is 0 Å². The van der Waals surface area contributed by atoms with E-state index < -0.39 is 0 Å². The lowest BCUT2D eigenvalue weighted by atomic mass is 10.0. The minimum atomic E-state index is -0.106. The molecule has 3 N–H and O–H groups in total. The van der Waals surface area contributed by atoms with Gasteiger partial charge in [-0.05, 0) is 30.5 Å². The van der Waals surface area contributed by atoms with Crippen LogP contribution in [-0.2, 0) is 0 Å². The summed E-state index contributed by atoms with van der Waals surface area (Å²) in [4.78, 5) is 12.0. The van der Waals surface area contributed by atoms with Gasteiger partial charge in [0.2, 0.25) is 0 Å². The van der Waals surface area contributed by atoms with Crippen molar-refractivity contribution in [1.29, 1.82) is 0 Å². The van der Waals surface area contributed by atoms with Crippen molar-refractivity contribution in [3.05, 3.63) is 29.8 Å². The fraction of sp³-hybridized carbons (Fsp3) is 0.500. The predicted octanol–water partition coefficient (Wildman–Crippen LogP) is 1.80. The molecule has 0 fully saturated rings. The van der Waals surface area contributed by atoms with E-state index in [0.29, 0.717) is 23.8 Å². The fourth-order valence-corrected chi connectivity index (χ4v) is 1.82. The van der Waals surface area contributed by atoms with Gasteiger partial charge < -0.3 is 15.8 Å². The Morgan fingerprint density at radius 1 is 1.44 bits per heavy atom. The van der Waals surface area contributed by atoms with Gasteiger partial charge in [0.25, 0.3) is 5.91 Å². The molecule has 0 radical (unpaired) electrons. The van der Waals surface area contributed by atoms with Crippen molar-refractivity contribution in [2.75, 3.05) is 13.7 Å². The van der Waals surface area contributed by atoms with Crippen LogP contribution in [0.2, 0.25) is 0 Å². The Bertz CT molecular complexity index is 391. The zero-order valence-electron chi connectivity index (χ0n) is 11.3. The molecule has 1 atom stereocenters. The van der Waals surface area contributed by atoms with Crippen LogP contribution in [0, 0.1) is 5.92 Å². The van der Waals surface area contributed by atoms with E-state index in [0.717, 1.165) is 6.42 Å². The quantitative estimate of drug-likeness (QED) is 0.809. The Morgan fingerprint density at radius 2 is 2.17 bits per heavy atom. The summed E-state index contributed by atoms with van der Waals surface area (Å²) < 4.78 is 5.10. The van der Waals surface area contributed by atoms with E-state index >= 15 is 0 Å². The fourth-order valence-electron chi connectivity index (χ4n) is 1.82. The first-order valence-corrected chi connectivity index (χ1v) is 6.21. The maximum absolute atomic E-state index is 12.0. The number of ether oxygens (including phenoxy) is 1. The Kier molecular flexibility index (Phi) is 5.65. The van der Waals surface area contributed by atoms with Gasteiger partial charge in [-0.3, -0.25) is 4.79 Å². The first-order chi connectivity index (χ1) is 8.56.